The van der Waals surface area contributed by atoms with Crippen molar-refractivity contribution in [3.05, 3.63) is 364 Å². The molecule has 0 aliphatic carbocycles. The van der Waals surface area contributed by atoms with Crippen molar-refractivity contribution in [1.29, 1.82) is 0 Å². The van der Waals surface area contributed by atoms with Crippen LogP contribution in [0, 0.1) is 0 Å². The SMILES string of the molecule is [2H]c1c([2H])c([2H])c2c(-c3cc(-c4ccccc4)cc4oc5ccccc5c34)c3c([2H])c([2H])c([2H])c([2H])c3c(-c3ccc4ccccc4c3)c2c1[2H].[2H]c1c([2H])c([2H])c2c(-c3ccc(-c4ccccc4)c4oc5ccccc5c34)c3cc(-c4ccccc4)c(-c4ccccc4)cc3c(-c3ccc4ccccc4c3)c2c1[2H]. The summed E-state index contributed by atoms with van der Waals surface area (Å²) >= 11 is 0. The first kappa shape index (κ1) is 45.4. The van der Waals surface area contributed by atoms with Gasteiger partial charge in [0.25, 0.3) is 0 Å². The normalized spacial score (nSPS) is 13.4. The third kappa shape index (κ3) is 9.48. The van der Waals surface area contributed by atoms with Crippen molar-refractivity contribution < 1.29 is 25.3 Å². The number of hydrogen-bond acceptors (Lipinski definition) is 2. The minimum atomic E-state index is -0.439. The van der Waals surface area contributed by atoms with Crippen LogP contribution in [0.3, 0.4) is 0 Å². The molecule has 0 radical (unpaired) electrons. The highest BCUT2D eigenvalue weighted by Gasteiger charge is 2.26. The van der Waals surface area contributed by atoms with Gasteiger partial charge in [-0.05, 0) is 203 Å². The van der Waals surface area contributed by atoms with Crippen LogP contribution >= 0.6 is 0 Å². The van der Waals surface area contributed by atoms with E-state index in [1.807, 2.05) is 170 Å². The van der Waals surface area contributed by atoms with E-state index in [1.54, 1.807) is 0 Å². The third-order valence-electron chi connectivity index (χ3n) is 19.2. The lowest BCUT2D eigenvalue weighted by molar-refractivity contribution is 0.669. The van der Waals surface area contributed by atoms with Crippen LogP contribution in [0.25, 0.3) is 198 Å². The van der Waals surface area contributed by atoms with Crippen molar-refractivity contribution in [3.63, 3.8) is 0 Å². The van der Waals surface area contributed by atoms with E-state index in [-0.39, 0.29) is 75.4 Å². The minimum Gasteiger partial charge on any atom is -0.456 e. The zero-order valence-corrected chi connectivity index (χ0v) is 52.5. The summed E-state index contributed by atoms with van der Waals surface area (Å²) < 4.78 is 124. The van der Waals surface area contributed by atoms with Gasteiger partial charge in [0.05, 0.1) is 16.4 Å². The van der Waals surface area contributed by atoms with Gasteiger partial charge in [-0.15, -0.1) is 0 Å². The Morgan fingerprint density at radius 2 is 0.571 bits per heavy atom. The second-order valence-corrected chi connectivity index (χ2v) is 24.7. The predicted octanol–water partition coefficient (Wildman–Crippen LogP) is 27.4. The smallest absolute Gasteiger partial charge is 0.143 e. The Morgan fingerprint density at radius 1 is 0.194 bits per heavy atom. The Kier molecular flexibility index (Phi) is 10.9. The molecule has 0 fully saturated rings. The third-order valence-corrected chi connectivity index (χ3v) is 19.2. The van der Waals surface area contributed by atoms with E-state index in [0.717, 1.165) is 126 Å². The van der Waals surface area contributed by atoms with Gasteiger partial charge in [-0.2, -0.15) is 0 Å². The number of benzene rings is 18. The standard InChI is InChI=1S/C54H34O.C42H26O/c1-4-17-36(18-5-1)41-30-31-45(53-44-26-14-15-27-50(44)55-54(41)53)52-43-25-13-12-24-42(43)51(40-29-28-35-16-10-11-23-39(35)32-40)48-33-46(37-19-6-2-7-20-37)47(34-49(48)52)38-21-8-3-9-22-38;1-2-12-27(13-3-1)31-25-37(42-36-20-10-11-21-38(36)43-39(42)26-31)41-34-18-8-6-16-32(34)40(33-17-7-9-19-35(33)41)30-23-22-28-14-4-5-15-29(28)24-30/h1-34H;1-26H/i12D,13D,24D,25D;6D,7D,8D,9D,16D,17D,18D,19D. The maximum Gasteiger partial charge on any atom is 0.143 e. The summed E-state index contributed by atoms with van der Waals surface area (Å²) in [4.78, 5) is 0. The van der Waals surface area contributed by atoms with Crippen molar-refractivity contribution in [3.8, 4) is 89.0 Å². The molecule has 0 unspecified atom stereocenters. The van der Waals surface area contributed by atoms with Gasteiger partial charge < -0.3 is 8.83 Å². The molecule has 456 valence electrons. The molecular weight excluding hydrogens is 1190 g/mol. The van der Waals surface area contributed by atoms with E-state index in [4.69, 9.17) is 17.1 Å². The van der Waals surface area contributed by atoms with Crippen LogP contribution in [0.1, 0.15) is 16.4 Å². The molecule has 0 saturated heterocycles. The lowest BCUT2D eigenvalue weighted by Crippen LogP contribution is -1.95. The average Bonchev–Trinajstić information content (AvgIpc) is 1.26. The Bertz CT molecular complexity index is 7200. The van der Waals surface area contributed by atoms with Crippen molar-refractivity contribution in [2.24, 2.45) is 0 Å². The van der Waals surface area contributed by atoms with Gasteiger partial charge in [-0.1, -0.05) is 309 Å². The fourth-order valence-corrected chi connectivity index (χ4v) is 14.9. The maximum absolute atomic E-state index is 9.77. The van der Waals surface area contributed by atoms with E-state index >= 15 is 0 Å². The highest BCUT2D eigenvalue weighted by Crippen LogP contribution is 2.53. The molecule has 0 saturated carbocycles. The highest BCUT2D eigenvalue weighted by atomic mass is 16.3. The molecule has 2 heteroatoms. The van der Waals surface area contributed by atoms with E-state index < -0.39 is 24.2 Å². The van der Waals surface area contributed by atoms with E-state index in [1.165, 1.54) is 0 Å². The summed E-state index contributed by atoms with van der Waals surface area (Å²) in [6.45, 7) is 0. The topological polar surface area (TPSA) is 26.3 Å². The second-order valence-electron chi connectivity index (χ2n) is 24.7. The Morgan fingerprint density at radius 3 is 1.08 bits per heavy atom. The molecule has 2 aromatic heterocycles. The molecule has 0 aliphatic rings. The molecule has 0 aliphatic heterocycles. The van der Waals surface area contributed by atoms with Crippen LogP contribution in [-0.2, 0) is 0 Å². The summed E-state index contributed by atoms with van der Waals surface area (Å²) in [5.41, 5.74) is 15.3. The van der Waals surface area contributed by atoms with Gasteiger partial charge >= 0.3 is 0 Å². The molecule has 2 heterocycles. The lowest BCUT2D eigenvalue weighted by Gasteiger charge is -2.22. The quantitative estimate of drug-likeness (QED) is 0.142. The highest BCUT2D eigenvalue weighted by molar-refractivity contribution is 6.29. The largest absolute Gasteiger partial charge is 0.456 e. The zero-order chi connectivity index (χ0) is 75.1. The lowest BCUT2D eigenvalue weighted by atomic mass is 9.81. The molecule has 20 rings (SSSR count). The van der Waals surface area contributed by atoms with Gasteiger partial charge in [0, 0.05) is 27.1 Å². The fourth-order valence-electron chi connectivity index (χ4n) is 14.9. The first-order chi connectivity index (χ1) is 53.6. The molecule has 98 heavy (non-hydrogen) atoms. The van der Waals surface area contributed by atoms with Crippen molar-refractivity contribution in [2.75, 3.05) is 0 Å². The van der Waals surface area contributed by atoms with Gasteiger partial charge in [-0.25, -0.2) is 0 Å². The molecule has 0 N–H and O–H groups in total. The molecule has 0 atom stereocenters. The second kappa shape index (κ2) is 23.5. The molecule has 0 spiro atoms. The van der Waals surface area contributed by atoms with Crippen LogP contribution in [0.4, 0.5) is 0 Å². The van der Waals surface area contributed by atoms with Crippen molar-refractivity contribution in [1.82, 2.24) is 0 Å². The van der Waals surface area contributed by atoms with E-state index in [2.05, 4.69) is 121 Å². The minimum absolute atomic E-state index is 0.0742. The summed E-state index contributed by atoms with van der Waals surface area (Å²) in [5, 5.41) is 10.6. The summed E-state index contributed by atoms with van der Waals surface area (Å²) in [7, 11) is 0. The molecule has 2 nitrogen and oxygen atoms in total. The van der Waals surface area contributed by atoms with Crippen molar-refractivity contribution >= 4 is 109 Å². The maximum atomic E-state index is 9.77. The zero-order valence-electron chi connectivity index (χ0n) is 64.5. The number of fused-ring (bicyclic) bond motifs is 12. The van der Waals surface area contributed by atoms with E-state index in [9.17, 15) is 8.22 Å². The van der Waals surface area contributed by atoms with Gasteiger partial charge in [-0.3, -0.25) is 0 Å². The average molecular weight is 1260 g/mol. The first-order valence-corrected chi connectivity index (χ1v) is 32.7. The Hall–Kier alpha value is -12.9. The van der Waals surface area contributed by atoms with E-state index in [0.29, 0.717) is 44.0 Å². The molecule has 0 bridgehead atoms. The Labute approximate surface area is 583 Å². The van der Waals surface area contributed by atoms with Crippen LogP contribution in [-0.4, -0.2) is 0 Å². The van der Waals surface area contributed by atoms with Gasteiger partial charge in [0.15, 0.2) is 0 Å². The number of hydrogen-bond donors (Lipinski definition) is 0. The van der Waals surface area contributed by atoms with Gasteiger partial charge in [0.2, 0.25) is 0 Å². The number of rotatable bonds is 8. The monoisotopic (exact) mass is 1260 g/mol. The molecular formula is C96H60O2. The van der Waals surface area contributed by atoms with Gasteiger partial charge in [0.1, 0.15) is 22.3 Å². The van der Waals surface area contributed by atoms with Crippen molar-refractivity contribution in [2.45, 2.75) is 0 Å². The number of para-hydroxylation sites is 2. The molecule has 20 aromatic rings. The van der Waals surface area contributed by atoms with Crippen LogP contribution in [0.15, 0.2) is 373 Å². The van der Waals surface area contributed by atoms with Crippen LogP contribution < -0.4 is 0 Å². The first-order valence-electron chi connectivity index (χ1n) is 38.7. The summed E-state index contributed by atoms with van der Waals surface area (Å²) in [6.07, 6.45) is 0. The predicted molar refractivity (Wildman–Crippen MR) is 416 cm³/mol. The Balaban J connectivity index is 0.000000151. The molecule has 0 amide bonds. The number of furan rings is 2. The summed E-state index contributed by atoms with van der Waals surface area (Å²) in [5.74, 6) is 0. The molecule has 18 aromatic carbocycles. The van der Waals surface area contributed by atoms with Crippen LogP contribution in [0.5, 0.6) is 0 Å². The van der Waals surface area contributed by atoms with Crippen LogP contribution in [0.2, 0.25) is 0 Å². The summed E-state index contributed by atoms with van der Waals surface area (Å²) in [6, 6.07) is 93.2. The fraction of sp³-hybridized carbons (Fsp3) is 0.